The molecule has 108 valence electrons. The number of carbonyl (C=O) groups excluding carboxylic acids is 1. The molecule has 1 amide bonds. The maximum Gasteiger partial charge on any atom is 0.262 e. The zero-order valence-corrected chi connectivity index (χ0v) is 13.9. The van der Waals surface area contributed by atoms with Crippen LogP contribution in [0, 0.1) is 3.57 Å². The number of nitrogens with one attached hydrogen (secondary N) is 2. The molecule has 1 aliphatic rings. The number of ether oxygens (including phenoxy) is 1. The Bertz CT molecular complexity index is 706. The van der Waals surface area contributed by atoms with Crippen molar-refractivity contribution < 1.29 is 9.53 Å². The van der Waals surface area contributed by atoms with Crippen molar-refractivity contribution in [2.24, 2.45) is 0 Å². The minimum atomic E-state index is -0.125. The molecular formula is C15H12ClIN2O2. The van der Waals surface area contributed by atoms with Gasteiger partial charge in [0.1, 0.15) is 5.75 Å². The van der Waals surface area contributed by atoms with Gasteiger partial charge in [-0.25, -0.2) is 0 Å². The van der Waals surface area contributed by atoms with Crippen molar-refractivity contribution in [3.05, 3.63) is 50.6 Å². The molecule has 0 bridgehead atoms. The average Bonchev–Trinajstić information content (AvgIpc) is 2.46. The van der Waals surface area contributed by atoms with E-state index in [9.17, 15) is 4.79 Å². The van der Waals surface area contributed by atoms with E-state index in [1.807, 2.05) is 36.4 Å². The molecule has 0 radical (unpaired) electrons. The Kier molecular flexibility index (Phi) is 4.21. The van der Waals surface area contributed by atoms with Gasteiger partial charge in [0.05, 0.1) is 5.69 Å². The molecule has 0 saturated carbocycles. The third-order valence-electron chi connectivity index (χ3n) is 3.09. The minimum Gasteiger partial charge on any atom is -0.482 e. The summed E-state index contributed by atoms with van der Waals surface area (Å²) in [5.74, 6) is 0.583. The van der Waals surface area contributed by atoms with Crippen LogP contribution in [0.5, 0.6) is 5.75 Å². The Labute approximate surface area is 141 Å². The lowest BCUT2D eigenvalue weighted by Gasteiger charge is -2.18. The lowest BCUT2D eigenvalue weighted by Crippen LogP contribution is -2.25. The highest BCUT2D eigenvalue weighted by molar-refractivity contribution is 14.1. The number of halogens is 2. The number of hydrogen-bond donors (Lipinski definition) is 2. The summed E-state index contributed by atoms with van der Waals surface area (Å²) in [5, 5.41) is 6.88. The molecule has 0 aliphatic carbocycles. The highest BCUT2D eigenvalue weighted by Crippen LogP contribution is 2.29. The van der Waals surface area contributed by atoms with Gasteiger partial charge < -0.3 is 15.4 Å². The summed E-state index contributed by atoms with van der Waals surface area (Å²) in [6.45, 7) is 0.731. The van der Waals surface area contributed by atoms with Gasteiger partial charge in [-0.05, 0) is 58.5 Å². The zero-order valence-electron chi connectivity index (χ0n) is 11.0. The van der Waals surface area contributed by atoms with Gasteiger partial charge in [-0.2, -0.15) is 0 Å². The van der Waals surface area contributed by atoms with E-state index < -0.39 is 0 Å². The van der Waals surface area contributed by atoms with Crippen LogP contribution in [0.2, 0.25) is 5.02 Å². The molecule has 0 unspecified atom stereocenters. The van der Waals surface area contributed by atoms with E-state index in [1.54, 1.807) is 0 Å². The Balaban J connectivity index is 1.73. The molecule has 0 aromatic heterocycles. The van der Waals surface area contributed by atoms with Crippen molar-refractivity contribution >= 4 is 51.5 Å². The molecule has 0 spiro atoms. The van der Waals surface area contributed by atoms with Crippen molar-refractivity contribution in [3.63, 3.8) is 0 Å². The molecule has 1 aliphatic heterocycles. The van der Waals surface area contributed by atoms with E-state index in [4.69, 9.17) is 16.3 Å². The fourth-order valence-electron chi connectivity index (χ4n) is 2.07. The van der Waals surface area contributed by atoms with Crippen LogP contribution in [-0.4, -0.2) is 12.5 Å². The predicted molar refractivity (Wildman–Crippen MR) is 92.1 cm³/mol. The van der Waals surface area contributed by atoms with Gasteiger partial charge >= 0.3 is 0 Å². The van der Waals surface area contributed by atoms with E-state index in [0.29, 0.717) is 12.3 Å². The van der Waals surface area contributed by atoms with Crippen LogP contribution in [0.3, 0.4) is 0 Å². The fourth-order valence-corrected chi connectivity index (χ4v) is 3.13. The summed E-state index contributed by atoms with van der Waals surface area (Å²) >= 11 is 8.18. The third kappa shape index (κ3) is 3.41. The van der Waals surface area contributed by atoms with Crippen LogP contribution in [0.1, 0.15) is 5.56 Å². The predicted octanol–water partition coefficient (Wildman–Crippen LogP) is 3.89. The van der Waals surface area contributed by atoms with E-state index >= 15 is 0 Å². The first-order valence-electron chi connectivity index (χ1n) is 6.36. The Morgan fingerprint density at radius 3 is 2.95 bits per heavy atom. The van der Waals surface area contributed by atoms with E-state index in [1.165, 1.54) is 0 Å². The quantitative estimate of drug-likeness (QED) is 0.749. The number of amides is 1. The summed E-state index contributed by atoms with van der Waals surface area (Å²) in [6.07, 6.45) is 0. The third-order valence-corrected chi connectivity index (χ3v) is 4.22. The van der Waals surface area contributed by atoms with Gasteiger partial charge in [0.25, 0.3) is 5.91 Å². The highest BCUT2D eigenvalue weighted by atomic mass is 127. The van der Waals surface area contributed by atoms with Crippen molar-refractivity contribution in [2.75, 3.05) is 17.2 Å². The second-order valence-corrected chi connectivity index (χ2v) is 6.24. The first kappa shape index (κ1) is 14.5. The van der Waals surface area contributed by atoms with Gasteiger partial charge in [0, 0.05) is 20.8 Å². The summed E-state index contributed by atoms with van der Waals surface area (Å²) in [7, 11) is 0. The van der Waals surface area contributed by atoms with Crippen LogP contribution >= 0.6 is 34.2 Å². The van der Waals surface area contributed by atoms with Crippen LogP contribution in [0.15, 0.2) is 36.4 Å². The van der Waals surface area contributed by atoms with Gasteiger partial charge in [-0.15, -0.1) is 0 Å². The molecule has 4 nitrogen and oxygen atoms in total. The first-order chi connectivity index (χ1) is 10.1. The average molecular weight is 415 g/mol. The van der Waals surface area contributed by atoms with E-state index in [-0.39, 0.29) is 12.5 Å². The van der Waals surface area contributed by atoms with Crippen molar-refractivity contribution in [2.45, 2.75) is 6.54 Å². The molecule has 6 heteroatoms. The fraction of sp³-hybridized carbons (Fsp3) is 0.133. The molecule has 2 N–H and O–H groups in total. The highest BCUT2D eigenvalue weighted by Gasteiger charge is 2.15. The summed E-state index contributed by atoms with van der Waals surface area (Å²) < 4.78 is 6.40. The Morgan fingerprint density at radius 1 is 1.29 bits per heavy atom. The SMILES string of the molecule is O=C1COc2ccc(CNc3ccc(Cl)cc3I)cc2N1. The lowest BCUT2D eigenvalue weighted by molar-refractivity contribution is -0.118. The summed E-state index contributed by atoms with van der Waals surface area (Å²) in [5.41, 5.74) is 2.81. The lowest BCUT2D eigenvalue weighted by atomic mass is 10.1. The van der Waals surface area contributed by atoms with Crippen LogP contribution in [-0.2, 0) is 11.3 Å². The number of benzene rings is 2. The smallest absolute Gasteiger partial charge is 0.262 e. The normalized spacial score (nSPS) is 13.1. The van der Waals surface area contributed by atoms with Crippen molar-refractivity contribution in [1.82, 2.24) is 0 Å². The zero-order chi connectivity index (χ0) is 14.8. The van der Waals surface area contributed by atoms with Crippen molar-refractivity contribution in [3.8, 4) is 5.75 Å². The van der Waals surface area contributed by atoms with Gasteiger partial charge in [-0.3, -0.25) is 4.79 Å². The topological polar surface area (TPSA) is 50.4 Å². The number of anilines is 2. The van der Waals surface area contributed by atoms with E-state index in [0.717, 1.165) is 25.5 Å². The number of carbonyl (C=O) groups is 1. The second kappa shape index (κ2) is 6.11. The summed E-state index contributed by atoms with van der Waals surface area (Å²) in [6, 6.07) is 11.5. The Morgan fingerprint density at radius 2 is 2.14 bits per heavy atom. The van der Waals surface area contributed by atoms with Crippen molar-refractivity contribution in [1.29, 1.82) is 0 Å². The molecule has 3 rings (SSSR count). The van der Waals surface area contributed by atoms with Gasteiger partial charge in [0.2, 0.25) is 0 Å². The minimum absolute atomic E-state index is 0.0770. The van der Waals surface area contributed by atoms with Crippen LogP contribution in [0.4, 0.5) is 11.4 Å². The Hall–Kier alpha value is -1.47. The maximum absolute atomic E-state index is 11.3. The molecule has 0 saturated heterocycles. The molecule has 2 aromatic rings. The maximum atomic E-state index is 11.3. The van der Waals surface area contributed by atoms with Crippen LogP contribution < -0.4 is 15.4 Å². The molecule has 1 heterocycles. The van der Waals surface area contributed by atoms with Gasteiger partial charge in [0.15, 0.2) is 6.61 Å². The number of fused-ring (bicyclic) bond motifs is 1. The molecule has 0 atom stereocenters. The number of hydrogen-bond acceptors (Lipinski definition) is 3. The summed E-state index contributed by atoms with van der Waals surface area (Å²) in [4.78, 5) is 11.3. The largest absolute Gasteiger partial charge is 0.482 e. The van der Waals surface area contributed by atoms with Crippen LogP contribution in [0.25, 0.3) is 0 Å². The standard InChI is InChI=1S/C15H12ClIN2O2/c16-10-2-3-12(11(17)6-10)18-7-9-1-4-14-13(5-9)19-15(20)8-21-14/h1-6,18H,7-8H2,(H,19,20). The van der Waals surface area contributed by atoms with E-state index in [2.05, 4.69) is 33.2 Å². The van der Waals surface area contributed by atoms with Gasteiger partial charge in [-0.1, -0.05) is 17.7 Å². The molecular weight excluding hydrogens is 403 g/mol. The molecule has 2 aromatic carbocycles. The number of rotatable bonds is 3. The second-order valence-electron chi connectivity index (χ2n) is 4.65. The first-order valence-corrected chi connectivity index (χ1v) is 7.82. The molecule has 21 heavy (non-hydrogen) atoms. The molecule has 0 fully saturated rings. The monoisotopic (exact) mass is 414 g/mol.